The summed E-state index contributed by atoms with van der Waals surface area (Å²) in [7, 11) is 0. The molecule has 0 atom stereocenters. The van der Waals surface area contributed by atoms with Crippen molar-refractivity contribution >= 4 is 108 Å². The minimum Gasteiger partial charge on any atom is -0.142 e. The van der Waals surface area contributed by atoms with Crippen molar-refractivity contribution in [3.8, 4) is 29.3 Å². The number of hydrogen-bond acceptors (Lipinski definition) is 6. The van der Waals surface area contributed by atoms with Crippen molar-refractivity contribution in [3.63, 3.8) is 0 Å². The Balaban J connectivity index is 1.16. The Morgan fingerprint density at radius 1 is 0.324 bits per heavy atom. The zero-order valence-electron chi connectivity index (χ0n) is 17.5. The molecule has 6 heteroatoms. The first-order chi connectivity index (χ1) is 16.8. The summed E-state index contributed by atoms with van der Waals surface area (Å²) in [5.74, 6) is 0. The summed E-state index contributed by atoms with van der Waals surface area (Å²) in [6, 6.07) is 27.3. The number of rotatable bonds is 3. The molecule has 0 saturated carbocycles. The summed E-state index contributed by atoms with van der Waals surface area (Å²) in [5.41, 5.74) is 0. The second kappa shape index (κ2) is 7.59. The minimum atomic E-state index is 1.35. The minimum absolute atomic E-state index is 1.35. The Hall–Kier alpha value is -2.32. The molecule has 0 aliphatic heterocycles. The molecule has 8 rings (SSSR count). The van der Waals surface area contributed by atoms with Crippen molar-refractivity contribution in [2.75, 3.05) is 0 Å². The van der Waals surface area contributed by atoms with E-state index in [1.54, 1.807) is 0 Å². The predicted octanol–water partition coefficient (Wildman–Crippen LogP) is 11.7. The largest absolute Gasteiger partial charge is 0.142 e. The van der Waals surface area contributed by atoms with Crippen LogP contribution in [0.2, 0.25) is 0 Å². The van der Waals surface area contributed by atoms with Crippen molar-refractivity contribution in [2.45, 2.75) is 0 Å². The molecule has 34 heavy (non-hydrogen) atoms. The fraction of sp³-hybridized carbons (Fsp3) is 0. The molecule has 162 valence electrons. The number of benzene rings is 2. The number of fused-ring (bicyclic) bond motifs is 6. The van der Waals surface area contributed by atoms with Crippen LogP contribution in [0, 0.1) is 0 Å². The average molecular weight is 543 g/mol. The summed E-state index contributed by atoms with van der Waals surface area (Å²) < 4.78 is 5.66. The van der Waals surface area contributed by atoms with Crippen molar-refractivity contribution in [3.05, 3.63) is 83.6 Å². The molecule has 0 aliphatic carbocycles. The highest BCUT2D eigenvalue weighted by atomic mass is 32.1. The van der Waals surface area contributed by atoms with E-state index < -0.39 is 0 Å². The van der Waals surface area contributed by atoms with E-state index in [-0.39, 0.29) is 0 Å². The van der Waals surface area contributed by atoms with Gasteiger partial charge in [0.25, 0.3) is 0 Å². The normalized spacial score (nSPS) is 12.1. The molecular formula is C28H14S6. The fourth-order valence-electron chi connectivity index (χ4n) is 4.49. The molecule has 0 fully saturated rings. The second-order valence-electron chi connectivity index (χ2n) is 8.19. The first-order valence-corrected chi connectivity index (χ1v) is 15.8. The van der Waals surface area contributed by atoms with E-state index in [4.69, 9.17) is 0 Å². The molecule has 6 aromatic heterocycles. The molecule has 0 unspecified atom stereocenters. The lowest BCUT2D eigenvalue weighted by Gasteiger charge is -1.92. The first-order valence-electron chi connectivity index (χ1n) is 10.8. The number of hydrogen-bond donors (Lipinski definition) is 0. The zero-order chi connectivity index (χ0) is 22.2. The van der Waals surface area contributed by atoms with E-state index in [9.17, 15) is 0 Å². The standard InChI is InChI=1S/C28H14S6/c1-3-17-13-23(33-27(17)25-15(1)9-11-29-25)21-7-5-19(31-21)20-6-8-22(32-20)24-14-18-4-2-16-10-12-30-26(16)28(18)34-24/h1-14H. The molecule has 6 heterocycles. The maximum Gasteiger partial charge on any atom is 0.0527 e. The smallest absolute Gasteiger partial charge is 0.0527 e. The van der Waals surface area contributed by atoms with E-state index in [0.29, 0.717) is 0 Å². The van der Waals surface area contributed by atoms with Gasteiger partial charge in [-0.15, -0.1) is 68.0 Å². The van der Waals surface area contributed by atoms with Gasteiger partial charge >= 0.3 is 0 Å². The van der Waals surface area contributed by atoms with Crippen LogP contribution in [0.4, 0.5) is 0 Å². The van der Waals surface area contributed by atoms with Crippen molar-refractivity contribution in [1.82, 2.24) is 0 Å². The summed E-state index contributed by atoms with van der Waals surface area (Å²) in [6.07, 6.45) is 0. The lowest BCUT2D eigenvalue weighted by atomic mass is 10.2. The van der Waals surface area contributed by atoms with Crippen LogP contribution in [0.1, 0.15) is 0 Å². The van der Waals surface area contributed by atoms with Crippen molar-refractivity contribution in [2.24, 2.45) is 0 Å². The maximum atomic E-state index is 2.36. The molecule has 8 aromatic rings. The molecule has 0 aliphatic rings. The highest BCUT2D eigenvalue weighted by Gasteiger charge is 2.14. The third-order valence-corrected chi connectivity index (χ3v) is 13.4. The lowest BCUT2D eigenvalue weighted by Crippen LogP contribution is -1.62. The van der Waals surface area contributed by atoms with Crippen molar-refractivity contribution < 1.29 is 0 Å². The monoisotopic (exact) mass is 542 g/mol. The second-order valence-corrected chi connectivity index (χ2v) is 14.3. The first kappa shape index (κ1) is 19.9. The third-order valence-electron chi connectivity index (χ3n) is 6.15. The highest BCUT2D eigenvalue weighted by Crippen LogP contribution is 2.46. The summed E-state index contributed by atoms with van der Waals surface area (Å²) in [5, 5.41) is 9.80. The highest BCUT2D eigenvalue weighted by molar-refractivity contribution is 7.32. The van der Waals surface area contributed by atoms with E-state index >= 15 is 0 Å². The van der Waals surface area contributed by atoms with Crippen LogP contribution in [0.5, 0.6) is 0 Å². The van der Waals surface area contributed by atoms with Gasteiger partial charge in [-0.3, -0.25) is 0 Å². The van der Waals surface area contributed by atoms with Crippen LogP contribution in [-0.2, 0) is 0 Å². The van der Waals surface area contributed by atoms with Gasteiger partial charge in [-0.2, -0.15) is 0 Å². The Morgan fingerprint density at radius 3 is 1.21 bits per heavy atom. The molecule has 0 radical (unpaired) electrons. The molecule has 0 amide bonds. The van der Waals surface area contributed by atoms with Crippen molar-refractivity contribution in [1.29, 1.82) is 0 Å². The summed E-state index contributed by atoms with van der Waals surface area (Å²) >= 11 is 11.4. The average Bonchev–Trinajstić information content (AvgIpc) is 3.69. The van der Waals surface area contributed by atoms with E-state index in [0.717, 1.165) is 0 Å². The lowest BCUT2D eigenvalue weighted by molar-refractivity contribution is 1.90. The van der Waals surface area contributed by atoms with Gasteiger partial charge in [0.2, 0.25) is 0 Å². The van der Waals surface area contributed by atoms with Gasteiger partial charge in [-0.05, 0) is 80.8 Å². The van der Waals surface area contributed by atoms with Gasteiger partial charge in [0.05, 0.1) is 18.8 Å². The van der Waals surface area contributed by atoms with Gasteiger partial charge in [-0.25, -0.2) is 0 Å². The SMILES string of the molecule is c1cc2ccc3cc(-c4ccc(-c5ccc(-c6cc7ccc8ccsc8c7s6)s5)s4)sc3c2s1. The topological polar surface area (TPSA) is 0 Å². The van der Waals surface area contributed by atoms with Gasteiger partial charge in [0.1, 0.15) is 0 Å². The zero-order valence-corrected chi connectivity index (χ0v) is 22.4. The predicted molar refractivity (Wildman–Crippen MR) is 160 cm³/mol. The van der Waals surface area contributed by atoms with E-state index in [1.807, 2.05) is 68.0 Å². The molecule has 0 saturated heterocycles. The third kappa shape index (κ3) is 3.04. The van der Waals surface area contributed by atoms with Gasteiger partial charge in [-0.1, -0.05) is 24.3 Å². The van der Waals surface area contributed by atoms with Gasteiger partial charge in [0, 0.05) is 29.3 Å². The Bertz CT molecular complexity index is 1830. The van der Waals surface area contributed by atoms with Gasteiger partial charge in [0.15, 0.2) is 0 Å². The van der Waals surface area contributed by atoms with E-state index in [2.05, 4.69) is 83.6 Å². The fourth-order valence-corrected chi connectivity index (χ4v) is 11.2. The Kier molecular flexibility index (Phi) is 4.45. The summed E-state index contributed by atoms with van der Waals surface area (Å²) in [4.78, 5) is 8.16. The molecule has 0 N–H and O–H groups in total. The van der Waals surface area contributed by atoms with Crippen LogP contribution in [0.25, 0.3) is 69.6 Å². The van der Waals surface area contributed by atoms with Crippen LogP contribution >= 0.6 is 68.0 Å². The number of thiophene rings is 6. The molecule has 2 aromatic carbocycles. The maximum absolute atomic E-state index is 2.36. The van der Waals surface area contributed by atoms with Gasteiger partial charge < -0.3 is 0 Å². The van der Waals surface area contributed by atoms with E-state index in [1.165, 1.54) is 69.6 Å². The van der Waals surface area contributed by atoms with Crippen LogP contribution < -0.4 is 0 Å². The molecule has 0 spiro atoms. The van der Waals surface area contributed by atoms with Crippen LogP contribution in [0.3, 0.4) is 0 Å². The Labute approximate surface area is 219 Å². The van der Waals surface area contributed by atoms with Crippen LogP contribution in [-0.4, -0.2) is 0 Å². The molecule has 0 nitrogen and oxygen atoms in total. The molecule has 0 bridgehead atoms. The van der Waals surface area contributed by atoms with Crippen LogP contribution in [0.15, 0.2) is 83.6 Å². The quantitative estimate of drug-likeness (QED) is 0.208. The Morgan fingerprint density at radius 2 is 0.735 bits per heavy atom. The summed E-state index contributed by atoms with van der Waals surface area (Å²) in [6.45, 7) is 0. The molecular weight excluding hydrogens is 529 g/mol.